The van der Waals surface area contributed by atoms with Crippen molar-refractivity contribution in [3.63, 3.8) is 0 Å². The highest BCUT2D eigenvalue weighted by atomic mass is 19.1. The lowest BCUT2D eigenvalue weighted by Crippen LogP contribution is -2.19. The molecule has 0 fully saturated rings. The van der Waals surface area contributed by atoms with Crippen LogP contribution in [0, 0.1) is 11.6 Å². The predicted octanol–water partition coefficient (Wildman–Crippen LogP) is 2.07. The molecule has 0 aliphatic heterocycles. The average Bonchev–Trinajstić information content (AvgIpc) is 2.46. The highest BCUT2D eigenvalue weighted by Crippen LogP contribution is 2.19. The number of hydrogen-bond donors (Lipinski definition) is 3. The Morgan fingerprint density at radius 1 is 1.25 bits per heavy atom. The van der Waals surface area contributed by atoms with Gasteiger partial charge in [0.1, 0.15) is 23.0 Å². The number of rotatable bonds is 4. The zero-order chi connectivity index (χ0) is 14.5. The van der Waals surface area contributed by atoms with Crippen LogP contribution in [0.1, 0.15) is 11.3 Å². The molecule has 7 heteroatoms. The second-order valence-electron chi connectivity index (χ2n) is 3.95. The minimum absolute atomic E-state index is 0.0806. The molecule has 1 heterocycles. The smallest absolute Gasteiger partial charge is 0.189 e. The van der Waals surface area contributed by atoms with Gasteiger partial charge >= 0.3 is 0 Å². The van der Waals surface area contributed by atoms with E-state index in [9.17, 15) is 8.78 Å². The molecule has 0 aliphatic carbocycles. The molecule has 0 atom stereocenters. The topological polar surface area (TPSA) is 83.5 Å². The van der Waals surface area contributed by atoms with Gasteiger partial charge in [-0.2, -0.15) is 0 Å². The highest BCUT2D eigenvalue weighted by Gasteiger charge is 2.11. The third-order valence-electron chi connectivity index (χ3n) is 2.66. The first kappa shape index (κ1) is 13.7. The number of hydrogen-bond acceptors (Lipinski definition) is 4. The number of amidine groups is 1. The van der Waals surface area contributed by atoms with Crippen molar-refractivity contribution in [2.24, 2.45) is 10.9 Å². The number of pyridine rings is 1. The van der Waals surface area contributed by atoms with Crippen molar-refractivity contribution in [3.05, 3.63) is 59.4 Å². The molecule has 0 bridgehead atoms. The minimum Gasteiger partial charge on any atom is -0.409 e. The van der Waals surface area contributed by atoms with E-state index in [1.54, 1.807) is 12.1 Å². The zero-order valence-electron chi connectivity index (χ0n) is 10.3. The summed E-state index contributed by atoms with van der Waals surface area (Å²) < 4.78 is 26.9. The van der Waals surface area contributed by atoms with Crippen LogP contribution in [-0.2, 0) is 6.54 Å². The van der Waals surface area contributed by atoms with Gasteiger partial charge in [0.2, 0.25) is 0 Å². The quantitative estimate of drug-likeness (QED) is 0.346. The van der Waals surface area contributed by atoms with Gasteiger partial charge in [-0.25, -0.2) is 8.78 Å². The van der Waals surface area contributed by atoms with Crippen LogP contribution in [0.2, 0.25) is 0 Å². The molecule has 0 saturated carbocycles. The van der Waals surface area contributed by atoms with Crippen LogP contribution in [0.25, 0.3) is 0 Å². The molecule has 4 N–H and O–H groups in total. The van der Waals surface area contributed by atoms with Crippen molar-refractivity contribution in [2.45, 2.75) is 6.54 Å². The summed E-state index contributed by atoms with van der Waals surface area (Å²) in [6, 6.07) is 6.88. The van der Waals surface area contributed by atoms with Gasteiger partial charge in [-0.3, -0.25) is 4.98 Å². The standard InChI is InChI=1S/C13H12F2N4O/c14-9-4-1-5-10(15)12(9)18-7-8-3-2-6-17-11(8)13(16)19-20/h1-6,18,20H,7H2,(H2,16,19). The Morgan fingerprint density at radius 2 is 1.95 bits per heavy atom. The van der Waals surface area contributed by atoms with Gasteiger partial charge in [-0.15, -0.1) is 0 Å². The van der Waals surface area contributed by atoms with Crippen molar-refractivity contribution in [2.75, 3.05) is 5.32 Å². The lowest BCUT2D eigenvalue weighted by molar-refractivity contribution is 0.318. The van der Waals surface area contributed by atoms with E-state index in [4.69, 9.17) is 10.9 Å². The fourth-order valence-corrected chi connectivity index (χ4v) is 1.71. The number of halogens is 2. The molecule has 0 unspecified atom stereocenters. The Balaban J connectivity index is 2.24. The molecule has 0 saturated heterocycles. The first-order chi connectivity index (χ1) is 9.63. The van der Waals surface area contributed by atoms with Gasteiger partial charge < -0.3 is 16.3 Å². The van der Waals surface area contributed by atoms with Gasteiger partial charge in [-0.05, 0) is 18.2 Å². The van der Waals surface area contributed by atoms with Crippen LogP contribution in [-0.4, -0.2) is 16.0 Å². The minimum atomic E-state index is -0.695. The van der Waals surface area contributed by atoms with Gasteiger partial charge in [0.15, 0.2) is 5.84 Å². The van der Waals surface area contributed by atoms with Crippen LogP contribution < -0.4 is 11.1 Å². The molecular formula is C13H12F2N4O. The summed E-state index contributed by atoms with van der Waals surface area (Å²) in [5.41, 5.74) is 6.05. The van der Waals surface area contributed by atoms with Crippen molar-refractivity contribution < 1.29 is 14.0 Å². The van der Waals surface area contributed by atoms with Crippen LogP contribution in [0.5, 0.6) is 0 Å². The molecule has 104 valence electrons. The van der Waals surface area contributed by atoms with E-state index in [0.29, 0.717) is 5.56 Å². The third kappa shape index (κ3) is 2.82. The van der Waals surface area contributed by atoms with E-state index in [2.05, 4.69) is 15.5 Å². The van der Waals surface area contributed by atoms with Crippen LogP contribution in [0.3, 0.4) is 0 Å². The monoisotopic (exact) mass is 278 g/mol. The summed E-state index contributed by atoms with van der Waals surface area (Å²) in [5, 5.41) is 14.2. The molecule has 1 aromatic heterocycles. The van der Waals surface area contributed by atoms with Crippen molar-refractivity contribution in [1.82, 2.24) is 4.98 Å². The second kappa shape index (κ2) is 5.96. The van der Waals surface area contributed by atoms with E-state index >= 15 is 0 Å². The summed E-state index contributed by atoms with van der Waals surface area (Å²) in [4.78, 5) is 3.96. The molecule has 20 heavy (non-hydrogen) atoms. The number of benzene rings is 1. The number of para-hydroxylation sites is 1. The van der Waals surface area contributed by atoms with E-state index in [1.807, 2.05) is 0 Å². The Bertz CT molecular complexity index is 626. The zero-order valence-corrected chi connectivity index (χ0v) is 10.3. The molecule has 1 aromatic carbocycles. The van der Waals surface area contributed by atoms with Crippen molar-refractivity contribution in [1.29, 1.82) is 0 Å². The SMILES string of the molecule is NC(=NO)c1ncccc1CNc1c(F)cccc1F. The first-order valence-electron chi connectivity index (χ1n) is 5.73. The van der Waals surface area contributed by atoms with Crippen LogP contribution in [0.4, 0.5) is 14.5 Å². The maximum Gasteiger partial charge on any atom is 0.189 e. The fourth-order valence-electron chi connectivity index (χ4n) is 1.71. The Hall–Kier alpha value is -2.70. The van der Waals surface area contributed by atoms with E-state index in [-0.39, 0.29) is 23.8 Å². The molecule has 5 nitrogen and oxygen atoms in total. The fraction of sp³-hybridized carbons (Fsp3) is 0.0769. The molecule has 0 spiro atoms. The first-order valence-corrected chi connectivity index (χ1v) is 5.73. The van der Waals surface area contributed by atoms with Gasteiger partial charge in [0, 0.05) is 18.3 Å². The van der Waals surface area contributed by atoms with E-state index in [0.717, 1.165) is 12.1 Å². The summed E-state index contributed by atoms with van der Waals surface area (Å²) in [6.45, 7) is 0.0806. The summed E-state index contributed by atoms with van der Waals surface area (Å²) in [7, 11) is 0. The number of nitrogens with one attached hydrogen (secondary N) is 1. The van der Waals surface area contributed by atoms with Gasteiger partial charge in [0.25, 0.3) is 0 Å². The maximum absolute atomic E-state index is 13.5. The Labute approximate surface area is 113 Å². The Kier molecular flexibility index (Phi) is 4.09. The molecule has 2 aromatic rings. The Morgan fingerprint density at radius 3 is 2.60 bits per heavy atom. The number of anilines is 1. The maximum atomic E-state index is 13.5. The summed E-state index contributed by atoms with van der Waals surface area (Å²) >= 11 is 0. The van der Waals surface area contributed by atoms with Crippen molar-refractivity contribution in [3.8, 4) is 0 Å². The molecular weight excluding hydrogens is 266 g/mol. The number of nitrogens with zero attached hydrogens (tertiary/aromatic N) is 2. The van der Waals surface area contributed by atoms with Crippen LogP contribution in [0.15, 0.2) is 41.7 Å². The molecule has 2 rings (SSSR count). The van der Waals surface area contributed by atoms with Crippen LogP contribution >= 0.6 is 0 Å². The van der Waals surface area contributed by atoms with Gasteiger partial charge in [-0.1, -0.05) is 17.3 Å². The second-order valence-corrected chi connectivity index (χ2v) is 3.95. The average molecular weight is 278 g/mol. The lowest BCUT2D eigenvalue weighted by Gasteiger charge is -2.11. The molecule has 0 aliphatic rings. The third-order valence-corrected chi connectivity index (χ3v) is 2.66. The van der Waals surface area contributed by atoms with Gasteiger partial charge in [0.05, 0.1) is 0 Å². The summed E-state index contributed by atoms with van der Waals surface area (Å²) in [5.74, 6) is -1.56. The number of aromatic nitrogens is 1. The number of nitrogens with two attached hydrogens (primary N) is 1. The summed E-state index contributed by atoms with van der Waals surface area (Å²) in [6.07, 6.45) is 1.47. The normalized spacial score (nSPS) is 11.4. The predicted molar refractivity (Wildman–Crippen MR) is 70.4 cm³/mol. The number of oxime groups is 1. The lowest BCUT2D eigenvalue weighted by atomic mass is 10.1. The van der Waals surface area contributed by atoms with E-state index < -0.39 is 11.6 Å². The molecule has 0 radical (unpaired) electrons. The molecule has 0 amide bonds. The largest absolute Gasteiger partial charge is 0.409 e. The highest BCUT2D eigenvalue weighted by molar-refractivity contribution is 5.96. The van der Waals surface area contributed by atoms with E-state index in [1.165, 1.54) is 12.3 Å². The van der Waals surface area contributed by atoms with Crippen molar-refractivity contribution >= 4 is 11.5 Å².